The molecule has 1 aliphatic rings. The normalized spacial score (nSPS) is 15.9. The van der Waals surface area contributed by atoms with Crippen LogP contribution in [0.15, 0.2) is 29.6 Å². The highest BCUT2D eigenvalue weighted by Gasteiger charge is 2.19. The van der Waals surface area contributed by atoms with Crippen molar-refractivity contribution in [2.45, 2.75) is 26.2 Å². The van der Waals surface area contributed by atoms with Gasteiger partial charge in [-0.05, 0) is 12.1 Å². The number of ether oxygens (including phenoxy) is 1. The standard InChI is InChI=1S/C17H23N3OS/c1-17(2,3)15-12-22-16(19-15)18-13-6-4-5-7-14(13)20-8-10-21-11-9-20/h4-7,12H,8-11H2,1-3H3,(H,18,19). The first kappa shape index (κ1) is 15.3. The molecule has 2 heterocycles. The van der Waals surface area contributed by atoms with Gasteiger partial charge in [-0.25, -0.2) is 4.98 Å². The highest BCUT2D eigenvalue weighted by atomic mass is 32.1. The Bertz CT molecular complexity index is 627. The van der Waals surface area contributed by atoms with E-state index in [-0.39, 0.29) is 5.41 Å². The third kappa shape index (κ3) is 3.42. The fourth-order valence-electron chi connectivity index (χ4n) is 2.45. The molecule has 2 aromatic rings. The van der Waals surface area contributed by atoms with Crippen LogP contribution < -0.4 is 10.2 Å². The average Bonchev–Trinajstić information content (AvgIpc) is 2.97. The Morgan fingerprint density at radius 1 is 1.18 bits per heavy atom. The quantitative estimate of drug-likeness (QED) is 0.928. The Hall–Kier alpha value is -1.59. The van der Waals surface area contributed by atoms with Crippen molar-refractivity contribution in [3.63, 3.8) is 0 Å². The molecule has 5 heteroatoms. The number of benzene rings is 1. The Labute approximate surface area is 136 Å². The molecule has 1 N–H and O–H groups in total. The molecule has 1 fully saturated rings. The van der Waals surface area contributed by atoms with Gasteiger partial charge in [0.25, 0.3) is 0 Å². The van der Waals surface area contributed by atoms with Gasteiger partial charge in [0.1, 0.15) is 0 Å². The van der Waals surface area contributed by atoms with Gasteiger partial charge in [-0.15, -0.1) is 11.3 Å². The summed E-state index contributed by atoms with van der Waals surface area (Å²) in [6.45, 7) is 10.0. The maximum atomic E-state index is 5.45. The third-order valence-electron chi connectivity index (χ3n) is 3.77. The Kier molecular flexibility index (Phi) is 4.36. The van der Waals surface area contributed by atoms with E-state index in [0.717, 1.165) is 42.8 Å². The van der Waals surface area contributed by atoms with E-state index < -0.39 is 0 Å². The van der Waals surface area contributed by atoms with E-state index in [9.17, 15) is 0 Å². The lowest BCUT2D eigenvalue weighted by molar-refractivity contribution is 0.123. The smallest absolute Gasteiger partial charge is 0.187 e. The minimum absolute atomic E-state index is 0.0835. The van der Waals surface area contributed by atoms with Crippen LogP contribution in [-0.4, -0.2) is 31.3 Å². The molecule has 0 saturated carbocycles. The summed E-state index contributed by atoms with van der Waals surface area (Å²) in [5.74, 6) is 0. The fourth-order valence-corrected chi connectivity index (χ4v) is 3.40. The molecule has 0 aliphatic carbocycles. The third-order valence-corrected chi connectivity index (χ3v) is 4.53. The SMILES string of the molecule is CC(C)(C)c1csc(Nc2ccccc2N2CCOCC2)n1. The maximum Gasteiger partial charge on any atom is 0.187 e. The predicted octanol–water partition coefficient (Wildman–Crippen LogP) is 4.02. The van der Waals surface area contributed by atoms with Crippen molar-refractivity contribution in [1.29, 1.82) is 0 Å². The number of anilines is 3. The molecule has 1 aromatic carbocycles. The van der Waals surface area contributed by atoms with E-state index in [4.69, 9.17) is 9.72 Å². The lowest BCUT2D eigenvalue weighted by Gasteiger charge is -2.30. The van der Waals surface area contributed by atoms with Crippen molar-refractivity contribution in [1.82, 2.24) is 4.98 Å². The summed E-state index contributed by atoms with van der Waals surface area (Å²) in [4.78, 5) is 7.09. The van der Waals surface area contributed by atoms with Crippen LogP contribution in [0.1, 0.15) is 26.5 Å². The molecule has 22 heavy (non-hydrogen) atoms. The van der Waals surface area contributed by atoms with Crippen LogP contribution in [0, 0.1) is 0 Å². The van der Waals surface area contributed by atoms with Crippen LogP contribution in [0.25, 0.3) is 0 Å². The van der Waals surface area contributed by atoms with E-state index in [1.54, 1.807) is 11.3 Å². The average molecular weight is 317 g/mol. The van der Waals surface area contributed by atoms with Crippen molar-refractivity contribution >= 4 is 27.8 Å². The van der Waals surface area contributed by atoms with Gasteiger partial charge in [0, 0.05) is 23.9 Å². The lowest BCUT2D eigenvalue weighted by Crippen LogP contribution is -2.36. The molecule has 0 bridgehead atoms. The topological polar surface area (TPSA) is 37.4 Å². The molecule has 1 aliphatic heterocycles. The van der Waals surface area contributed by atoms with Gasteiger partial charge in [0.15, 0.2) is 5.13 Å². The zero-order chi connectivity index (χ0) is 15.6. The first-order chi connectivity index (χ1) is 10.5. The number of para-hydroxylation sites is 2. The molecule has 0 unspecified atom stereocenters. The Morgan fingerprint density at radius 3 is 2.59 bits per heavy atom. The van der Waals surface area contributed by atoms with Crippen LogP contribution in [0.2, 0.25) is 0 Å². The molecule has 3 rings (SSSR count). The summed E-state index contributed by atoms with van der Waals surface area (Å²) in [7, 11) is 0. The number of hydrogen-bond acceptors (Lipinski definition) is 5. The molecule has 1 aromatic heterocycles. The molecular weight excluding hydrogens is 294 g/mol. The van der Waals surface area contributed by atoms with Gasteiger partial charge >= 0.3 is 0 Å². The van der Waals surface area contributed by atoms with E-state index >= 15 is 0 Å². The van der Waals surface area contributed by atoms with Gasteiger partial charge in [0.05, 0.1) is 30.3 Å². The summed E-state index contributed by atoms with van der Waals surface area (Å²) < 4.78 is 5.45. The molecule has 0 atom stereocenters. The second-order valence-corrected chi connectivity index (χ2v) is 7.39. The molecule has 0 amide bonds. The number of rotatable bonds is 3. The van der Waals surface area contributed by atoms with Crippen LogP contribution in [-0.2, 0) is 10.2 Å². The van der Waals surface area contributed by atoms with Crippen molar-refractivity contribution in [3.05, 3.63) is 35.3 Å². The van der Waals surface area contributed by atoms with Crippen molar-refractivity contribution in [3.8, 4) is 0 Å². The summed E-state index contributed by atoms with van der Waals surface area (Å²) in [5.41, 5.74) is 3.54. The van der Waals surface area contributed by atoms with E-state index in [2.05, 4.69) is 60.6 Å². The molecule has 0 radical (unpaired) electrons. The van der Waals surface area contributed by atoms with Crippen LogP contribution in [0.4, 0.5) is 16.5 Å². The zero-order valence-electron chi connectivity index (χ0n) is 13.4. The number of nitrogens with zero attached hydrogens (tertiary/aromatic N) is 2. The molecule has 1 saturated heterocycles. The number of aromatic nitrogens is 1. The maximum absolute atomic E-state index is 5.45. The molecule has 4 nitrogen and oxygen atoms in total. The van der Waals surface area contributed by atoms with Gasteiger partial charge in [-0.2, -0.15) is 0 Å². The summed E-state index contributed by atoms with van der Waals surface area (Å²) in [5, 5.41) is 6.58. The van der Waals surface area contributed by atoms with Crippen molar-refractivity contribution in [2.75, 3.05) is 36.5 Å². The number of morpholine rings is 1. The zero-order valence-corrected chi connectivity index (χ0v) is 14.2. The van der Waals surface area contributed by atoms with E-state index in [1.807, 2.05) is 0 Å². The fraction of sp³-hybridized carbons (Fsp3) is 0.471. The van der Waals surface area contributed by atoms with E-state index in [1.165, 1.54) is 5.69 Å². The van der Waals surface area contributed by atoms with Crippen LogP contribution in [0.3, 0.4) is 0 Å². The predicted molar refractivity (Wildman–Crippen MR) is 93.6 cm³/mol. The molecule has 0 spiro atoms. The summed E-state index contributed by atoms with van der Waals surface area (Å²) in [6.07, 6.45) is 0. The van der Waals surface area contributed by atoms with Gasteiger partial charge in [-0.1, -0.05) is 32.9 Å². The molecule has 118 valence electrons. The second-order valence-electron chi connectivity index (χ2n) is 6.53. The number of thiazole rings is 1. The number of hydrogen-bond donors (Lipinski definition) is 1. The second kappa shape index (κ2) is 6.26. The van der Waals surface area contributed by atoms with E-state index in [0.29, 0.717) is 0 Å². The van der Waals surface area contributed by atoms with Crippen molar-refractivity contribution < 1.29 is 4.74 Å². The van der Waals surface area contributed by atoms with Gasteiger partial charge in [0.2, 0.25) is 0 Å². The highest BCUT2D eigenvalue weighted by molar-refractivity contribution is 7.13. The highest BCUT2D eigenvalue weighted by Crippen LogP contribution is 2.32. The summed E-state index contributed by atoms with van der Waals surface area (Å²) >= 11 is 1.66. The van der Waals surface area contributed by atoms with Crippen LogP contribution >= 0.6 is 11.3 Å². The first-order valence-corrected chi connectivity index (χ1v) is 8.57. The lowest BCUT2D eigenvalue weighted by atomic mass is 9.93. The largest absolute Gasteiger partial charge is 0.378 e. The Morgan fingerprint density at radius 2 is 1.91 bits per heavy atom. The summed E-state index contributed by atoms with van der Waals surface area (Å²) in [6, 6.07) is 8.41. The minimum atomic E-state index is 0.0835. The minimum Gasteiger partial charge on any atom is -0.378 e. The van der Waals surface area contributed by atoms with Gasteiger partial charge in [-0.3, -0.25) is 0 Å². The first-order valence-electron chi connectivity index (χ1n) is 7.69. The number of nitrogens with one attached hydrogen (secondary N) is 1. The molecular formula is C17H23N3OS. The monoisotopic (exact) mass is 317 g/mol. The Balaban J connectivity index is 1.81. The van der Waals surface area contributed by atoms with Crippen LogP contribution in [0.5, 0.6) is 0 Å². The van der Waals surface area contributed by atoms with Gasteiger partial charge < -0.3 is 15.0 Å². The van der Waals surface area contributed by atoms with Crippen molar-refractivity contribution in [2.24, 2.45) is 0 Å².